The van der Waals surface area contributed by atoms with Crippen LogP contribution in [0.2, 0.25) is 0 Å². The number of rotatable bonds is 9. The Morgan fingerprint density at radius 1 is 1.03 bits per heavy atom. The molecular formula is C24H32ClN3O2S. The van der Waals surface area contributed by atoms with Gasteiger partial charge in [0, 0.05) is 13.1 Å². The van der Waals surface area contributed by atoms with Crippen LogP contribution in [-0.2, 0) is 4.79 Å². The van der Waals surface area contributed by atoms with Crippen LogP contribution >= 0.6 is 23.7 Å². The van der Waals surface area contributed by atoms with Crippen LogP contribution in [0.15, 0.2) is 36.4 Å². The average Bonchev–Trinajstić information content (AvgIpc) is 3.13. The van der Waals surface area contributed by atoms with Crippen LogP contribution in [0.1, 0.15) is 30.5 Å². The molecule has 0 fully saturated rings. The third-order valence-corrected chi connectivity index (χ3v) is 6.26. The molecular weight excluding hydrogens is 430 g/mol. The standard InChI is InChI=1S/C24H31N3O2S.ClH/c1-6-26(7-2)11-12-27(22(28)16-29-20-10-8-9-17(3)14-20)24-25-23-19(5)13-18(4)15-21(23)30-24;/h8-10,13-15H,6-7,11-12,16H2,1-5H3;1H. The van der Waals surface area contributed by atoms with Gasteiger partial charge in [0.25, 0.3) is 5.91 Å². The number of benzene rings is 2. The molecule has 0 bridgehead atoms. The van der Waals surface area contributed by atoms with E-state index < -0.39 is 0 Å². The van der Waals surface area contributed by atoms with Crippen LogP contribution in [0.3, 0.4) is 0 Å². The third kappa shape index (κ3) is 6.42. The minimum absolute atomic E-state index is 0. The number of anilines is 1. The highest BCUT2D eigenvalue weighted by Gasteiger charge is 2.21. The van der Waals surface area contributed by atoms with E-state index in [1.165, 1.54) is 5.56 Å². The molecule has 1 aromatic heterocycles. The smallest absolute Gasteiger partial charge is 0.266 e. The molecule has 1 amide bonds. The van der Waals surface area contributed by atoms with E-state index in [0.717, 1.165) is 46.1 Å². The second-order valence-electron chi connectivity index (χ2n) is 7.60. The van der Waals surface area contributed by atoms with Gasteiger partial charge in [0.2, 0.25) is 0 Å². The van der Waals surface area contributed by atoms with Gasteiger partial charge in [-0.15, -0.1) is 12.4 Å². The lowest BCUT2D eigenvalue weighted by molar-refractivity contribution is -0.120. The SMILES string of the molecule is CCN(CC)CCN(C(=O)COc1cccc(C)c1)c1nc2c(C)cc(C)cc2s1.Cl. The number of carbonyl (C=O) groups excluding carboxylic acids is 1. The van der Waals surface area contributed by atoms with Crippen molar-refractivity contribution in [2.24, 2.45) is 0 Å². The number of amides is 1. The first-order chi connectivity index (χ1) is 14.4. The molecule has 0 saturated carbocycles. The molecule has 0 spiro atoms. The Bertz CT molecular complexity index is 1020. The lowest BCUT2D eigenvalue weighted by atomic mass is 10.1. The number of nitrogens with zero attached hydrogens (tertiary/aromatic N) is 3. The molecule has 0 saturated heterocycles. The maximum atomic E-state index is 13.2. The number of ether oxygens (including phenoxy) is 1. The number of aryl methyl sites for hydroxylation is 3. The fourth-order valence-electron chi connectivity index (χ4n) is 3.51. The van der Waals surface area contributed by atoms with Crippen molar-refractivity contribution in [3.05, 3.63) is 53.1 Å². The van der Waals surface area contributed by atoms with Crippen LogP contribution < -0.4 is 9.64 Å². The summed E-state index contributed by atoms with van der Waals surface area (Å²) >= 11 is 1.57. The summed E-state index contributed by atoms with van der Waals surface area (Å²) < 4.78 is 6.91. The average molecular weight is 462 g/mol. The van der Waals surface area contributed by atoms with Crippen molar-refractivity contribution in [3.63, 3.8) is 0 Å². The largest absolute Gasteiger partial charge is 0.484 e. The number of hydrogen-bond acceptors (Lipinski definition) is 5. The maximum absolute atomic E-state index is 13.2. The van der Waals surface area contributed by atoms with Gasteiger partial charge in [0.15, 0.2) is 11.7 Å². The van der Waals surface area contributed by atoms with Gasteiger partial charge in [-0.1, -0.05) is 43.4 Å². The maximum Gasteiger partial charge on any atom is 0.266 e. The summed E-state index contributed by atoms with van der Waals surface area (Å²) in [6.07, 6.45) is 0. The number of carbonyl (C=O) groups is 1. The van der Waals surface area contributed by atoms with Crippen molar-refractivity contribution in [2.45, 2.75) is 34.6 Å². The third-order valence-electron chi connectivity index (χ3n) is 5.24. The molecule has 0 N–H and O–H groups in total. The number of halogens is 1. The van der Waals surface area contributed by atoms with E-state index in [2.05, 4.69) is 44.7 Å². The highest BCUT2D eigenvalue weighted by atomic mass is 35.5. The zero-order valence-electron chi connectivity index (χ0n) is 19.0. The molecule has 31 heavy (non-hydrogen) atoms. The fourth-order valence-corrected chi connectivity index (χ4v) is 4.70. The molecule has 0 unspecified atom stereocenters. The highest BCUT2D eigenvalue weighted by molar-refractivity contribution is 7.22. The Balaban J connectivity index is 0.00000341. The van der Waals surface area contributed by atoms with Gasteiger partial charge in [-0.05, 0) is 68.8 Å². The highest BCUT2D eigenvalue weighted by Crippen LogP contribution is 2.31. The number of thiazole rings is 1. The molecule has 3 aromatic rings. The quantitative estimate of drug-likeness (QED) is 0.428. The zero-order valence-corrected chi connectivity index (χ0v) is 20.6. The topological polar surface area (TPSA) is 45.7 Å². The normalized spacial score (nSPS) is 10.9. The second kappa shape index (κ2) is 11.5. The predicted molar refractivity (Wildman–Crippen MR) is 133 cm³/mol. The van der Waals surface area contributed by atoms with Crippen molar-refractivity contribution in [1.82, 2.24) is 9.88 Å². The minimum Gasteiger partial charge on any atom is -0.484 e. The predicted octanol–water partition coefficient (Wildman–Crippen LogP) is 5.40. The van der Waals surface area contributed by atoms with E-state index in [1.807, 2.05) is 31.2 Å². The summed E-state index contributed by atoms with van der Waals surface area (Å²) in [7, 11) is 0. The van der Waals surface area contributed by atoms with Gasteiger partial charge < -0.3 is 9.64 Å². The Hall–Kier alpha value is -2.15. The van der Waals surface area contributed by atoms with Crippen LogP contribution in [-0.4, -0.2) is 48.6 Å². The molecule has 0 aliphatic heterocycles. The first-order valence-electron chi connectivity index (χ1n) is 10.5. The summed E-state index contributed by atoms with van der Waals surface area (Å²) in [4.78, 5) is 22.1. The van der Waals surface area contributed by atoms with Crippen LogP contribution in [0.25, 0.3) is 10.2 Å². The molecule has 0 radical (unpaired) electrons. The Kier molecular flexibility index (Phi) is 9.29. The monoisotopic (exact) mass is 461 g/mol. The molecule has 1 heterocycles. The Morgan fingerprint density at radius 3 is 2.45 bits per heavy atom. The molecule has 3 rings (SSSR count). The molecule has 7 heteroatoms. The number of aromatic nitrogens is 1. The second-order valence-corrected chi connectivity index (χ2v) is 8.61. The minimum atomic E-state index is -0.0721. The summed E-state index contributed by atoms with van der Waals surface area (Å²) in [5, 5.41) is 0.740. The molecule has 168 valence electrons. The van der Waals surface area contributed by atoms with Gasteiger partial charge in [-0.2, -0.15) is 0 Å². The van der Waals surface area contributed by atoms with Crippen LogP contribution in [0.4, 0.5) is 5.13 Å². The summed E-state index contributed by atoms with van der Waals surface area (Å²) in [6, 6.07) is 12.0. The number of fused-ring (bicyclic) bond motifs is 1. The van der Waals surface area contributed by atoms with Crippen LogP contribution in [0, 0.1) is 20.8 Å². The van der Waals surface area contributed by atoms with Gasteiger partial charge in [0.1, 0.15) is 5.75 Å². The van der Waals surface area contributed by atoms with E-state index in [-0.39, 0.29) is 24.9 Å². The number of likely N-dealkylation sites (N-methyl/N-ethyl adjacent to an activating group) is 1. The van der Waals surface area contributed by atoms with Gasteiger partial charge in [-0.25, -0.2) is 4.98 Å². The lowest BCUT2D eigenvalue weighted by Crippen LogP contribution is -2.41. The van der Waals surface area contributed by atoms with Crippen molar-refractivity contribution in [1.29, 1.82) is 0 Å². The molecule has 0 aliphatic carbocycles. The van der Waals surface area contributed by atoms with E-state index in [0.29, 0.717) is 12.3 Å². The van der Waals surface area contributed by atoms with Gasteiger partial charge >= 0.3 is 0 Å². The van der Waals surface area contributed by atoms with Gasteiger partial charge in [0.05, 0.1) is 10.2 Å². The number of hydrogen-bond donors (Lipinski definition) is 0. The zero-order chi connectivity index (χ0) is 21.7. The van der Waals surface area contributed by atoms with E-state index in [9.17, 15) is 4.79 Å². The summed E-state index contributed by atoms with van der Waals surface area (Å²) in [5.74, 6) is 0.639. The molecule has 0 aliphatic rings. The van der Waals surface area contributed by atoms with E-state index in [4.69, 9.17) is 9.72 Å². The van der Waals surface area contributed by atoms with Crippen molar-refractivity contribution in [3.8, 4) is 5.75 Å². The summed E-state index contributed by atoms with van der Waals surface area (Å²) in [5.41, 5.74) is 4.43. The van der Waals surface area contributed by atoms with Crippen molar-refractivity contribution < 1.29 is 9.53 Å². The summed E-state index contributed by atoms with van der Waals surface area (Å²) in [6.45, 7) is 13.7. The van der Waals surface area contributed by atoms with Crippen molar-refractivity contribution >= 4 is 45.0 Å². The Labute approximate surface area is 195 Å². The fraction of sp³-hybridized carbons (Fsp3) is 0.417. The Morgan fingerprint density at radius 2 is 1.77 bits per heavy atom. The molecule has 5 nitrogen and oxygen atoms in total. The van der Waals surface area contributed by atoms with Crippen molar-refractivity contribution in [2.75, 3.05) is 37.7 Å². The van der Waals surface area contributed by atoms with Gasteiger partial charge in [-0.3, -0.25) is 9.69 Å². The first kappa shape index (κ1) is 25.1. The van der Waals surface area contributed by atoms with Crippen LogP contribution in [0.5, 0.6) is 5.75 Å². The molecule has 2 aromatic carbocycles. The lowest BCUT2D eigenvalue weighted by Gasteiger charge is -2.24. The first-order valence-corrected chi connectivity index (χ1v) is 11.3. The molecule has 0 atom stereocenters. The van der Waals surface area contributed by atoms with E-state index >= 15 is 0 Å². The van der Waals surface area contributed by atoms with E-state index in [1.54, 1.807) is 16.2 Å².